The molecule has 30 heavy (non-hydrogen) atoms. The number of nitrogens with zero attached hydrogens (tertiary/aromatic N) is 5. The van der Waals surface area contributed by atoms with E-state index in [1.54, 1.807) is 26.0 Å². The van der Waals surface area contributed by atoms with Gasteiger partial charge in [-0.25, -0.2) is 0 Å². The summed E-state index contributed by atoms with van der Waals surface area (Å²) in [7, 11) is 0. The van der Waals surface area contributed by atoms with Crippen LogP contribution in [-0.2, 0) is 0 Å². The maximum Gasteiger partial charge on any atom is 0.296 e. The molecule has 0 saturated carbocycles. The van der Waals surface area contributed by atoms with Crippen LogP contribution in [0.1, 0.15) is 21.5 Å². The Labute approximate surface area is 205 Å². The van der Waals surface area contributed by atoms with E-state index >= 15 is 0 Å². The fraction of sp³-hybridized carbons (Fsp3) is 0.0952. The van der Waals surface area contributed by atoms with Gasteiger partial charge in [-0.1, -0.05) is 6.07 Å². The Bertz CT molecular complexity index is 1170. The molecule has 0 bridgehead atoms. The molecule has 0 spiro atoms. The molecule has 3 aromatic carbocycles. The zero-order chi connectivity index (χ0) is 21.7. The fourth-order valence-corrected chi connectivity index (χ4v) is 2.91. The van der Waals surface area contributed by atoms with Gasteiger partial charge in [0.05, 0.1) is 4.92 Å². The van der Waals surface area contributed by atoms with E-state index in [1.165, 1.54) is 18.2 Å². The molecular weight excluding hydrogens is 502 g/mol. The number of carbonyl (C=O) groups is 1. The smallest absolute Gasteiger partial charge is 0.258 e. The van der Waals surface area contributed by atoms with Gasteiger partial charge in [-0.05, 0) is 18.6 Å². The minimum atomic E-state index is -0.501. The first kappa shape index (κ1) is 22.2. The average molecular weight is 518 g/mol. The van der Waals surface area contributed by atoms with E-state index < -0.39 is 4.92 Å². The van der Waals surface area contributed by atoms with E-state index in [0.717, 1.165) is 5.59 Å². The van der Waals surface area contributed by atoms with E-state index in [2.05, 4.69) is 67.0 Å². The van der Waals surface area contributed by atoms with Crippen LogP contribution in [0.15, 0.2) is 75.1 Å². The quantitative estimate of drug-likeness (QED) is 0.172. The van der Waals surface area contributed by atoms with Crippen LogP contribution >= 0.6 is 0 Å². The van der Waals surface area contributed by atoms with Crippen molar-refractivity contribution in [1.29, 1.82) is 0 Å². The van der Waals surface area contributed by atoms with Crippen LogP contribution in [0.25, 0.3) is 0 Å². The predicted octanol–water partition coefficient (Wildman–Crippen LogP) is 6.03. The molecule has 3 rings (SSSR count). The van der Waals surface area contributed by atoms with Crippen molar-refractivity contribution in [3.8, 4) is 0 Å². The Kier molecular flexibility index (Phi) is 7.40. The van der Waals surface area contributed by atoms with Gasteiger partial charge in [0, 0.05) is 6.07 Å². The first-order valence-electron chi connectivity index (χ1n) is 8.80. The summed E-state index contributed by atoms with van der Waals surface area (Å²) in [5.41, 5.74) is 3.23. The SMILES string of the molecule is Cc1ccc(N=Nc2cc(C=O)c(N=Nc3ccc([Xe])cc3)cc2C)c([N+](=O)[O-])c1. The minimum Gasteiger partial charge on any atom is -0.258 e. The van der Waals surface area contributed by atoms with Gasteiger partial charge >= 0.3 is 150 Å². The molecule has 0 aromatic heterocycles. The summed E-state index contributed by atoms with van der Waals surface area (Å²) < 4.78 is 1.04. The van der Waals surface area contributed by atoms with Gasteiger partial charge < -0.3 is 0 Å². The maximum absolute atomic E-state index is 11.5. The topological polar surface area (TPSA) is 110 Å². The fourth-order valence-electron chi connectivity index (χ4n) is 2.57. The number of hydrogen-bond acceptors (Lipinski definition) is 7. The summed E-state index contributed by atoms with van der Waals surface area (Å²) in [4.78, 5) is 22.3. The number of rotatable bonds is 6. The first-order chi connectivity index (χ1) is 14.4. The summed E-state index contributed by atoms with van der Waals surface area (Å²) in [6, 6.07) is 15.3. The van der Waals surface area contributed by atoms with E-state index in [9.17, 15) is 14.9 Å². The summed E-state index contributed by atoms with van der Waals surface area (Å²) in [5.74, 6) is 0. The largest absolute Gasteiger partial charge is 0.296 e. The van der Waals surface area contributed by atoms with E-state index in [1.807, 2.05) is 24.3 Å². The Hall–Kier alpha value is -2.50. The summed E-state index contributed by atoms with van der Waals surface area (Å²) in [6.45, 7) is 3.55. The molecule has 9 heteroatoms. The van der Waals surface area contributed by atoms with Gasteiger partial charge in [-0.2, -0.15) is 0 Å². The van der Waals surface area contributed by atoms with Crippen LogP contribution in [0, 0.1) is 70.5 Å². The van der Waals surface area contributed by atoms with Crippen molar-refractivity contribution in [2.75, 3.05) is 0 Å². The summed E-state index contributed by atoms with van der Waals surface area (Å²) in [6.07, 6.45) is 0.660. The van der Waals surface area contributed by atoms with Gasteiger partial charge in [-0.3, -0.25) is 10.1 Å². The van der Waals surface area contributed by atoms with Crippen molar-refractivity contribution in [2.45, 2.75) is 13.8 Å². The van der Waals surface area contributed by atoms with Crippen molar-refractivity contribution in [3.63, 3.8) is 0 Å². The molecule has 0 aliphatic carbocycles. The third-order valence-corrected chi connectivity index (χ3v) is 4.83. The number of hydrogen-bond donors (Lipinski definition) is 0. The second-order valence-corrected chi connectivity index (χ2v) is 7.59. The molecule has 151 valence electrons. The van der Waals surface area contributed by atoms with Crippen LogP contribution in [0.3, 0.4) is 0 Å². The molecule has 0 heterocycles. The molecule has 0 atom stereocenters. The van der Waals surface area contributed by atoms with Crippen molar-refractivity contribution in [2.24, 2.45) is 20.5 Å². The van der Waals surface area contributed by atoms with Crippen LogP contribution in [-0.4, -0.2) is 11.2 Å². The van der Waals surface area contributed by atoms with Crippen molar-refractivity contribution < 1.29 is 56.3 Å². The number of benzene rings is 3. The Morgan fingerprint density at radius 3 is 2.20 bits per heavy atom. The molecule has 0 fully saturated rings. The zero-order valence-corrected chi connectivity index (χ0v) is 18.1. The van der Waals surface area contributed by atoms with Crippen LogP contribution in [0.4, 0.5) is 28.4 Å². The first-order valence-corrected chi connectivity index (χ1v) is 9.81. The predicted molar refractivity (Wildman–Crippen MR) is 109 cm³/mol. The van der Waals surface area contributed by atoms with Crippen molar-refractivity contribution in [3.05, 3.63) is 81.4 Å². The second kappa shape index (κ2) is 10.0. The van der Waals surface area contributed by atoms with E-state index in [0.29, 0.717) is 34.5 Å². The number of aldehydes is 1. The number of carbonyl (C=O) groups excluding carboxylic acids is 1. The molecule has 8 nitrogen and oxygen atoms in total. The molecule has 3 aromatic rings. The van der Waals surface area contributed by atoms with Gasteiger partial charge in [0.1, 0.15) is 0 Å². The number of nitro benzene ring substituents is 1. The van der Waals surface area contributed by atoms with Crippen molar-refractivity contribution in [1.82, 2.24) is 0 Å². The molecule has 0 saturated heterocycles. The number of nitro groups is 1. The number of azo groups is 2. The third-order valence-electron chi connectivity index (χ3n) is 4.16. The van der Waals surface area contributed by atoms with Crippen LogP contribution in [0.2, 0.25) is 0 Å². The molecule has 0 aliphatic heterocycles. The monoisotopic (exact) mass is 518 g/mol. The van der Waals surface area contributed by atoms with Crippen molar-refractivity contribution >= 4 is 34.8 Å². The molecule has 0 amide bonds. The summed E-state index contributed by atoms with van der Waals surface area (Å²) in [5, 5.41) is 27.7. The van der Waals surface area contributed by atoms with Crippen LogP contribution < -0.4 is 0.0314 Å². The van der Waals surface area contributed by atoms with Gasteiger partial charge in [0.25, 0.3) is 5.69 Å². The molecule has 0 aliphatic rings. The van der Waals surface area contributed by atoms with Gasteiger partial charge in [0.2, 0.25) is 0 Å². The standard InChI is InChI=1S/C21H16N5O3Xe/c1-13-3-8-18(21(9-13)26(28)29)23-24-19-11-15(12-27)20(10-14(19)2)25-22-16-4-6-17(30)7-5-16/h3-12H,1-2H3. The van der Waals surface area contributed by atoms with E-state index in [-0.39, 0.29) is 11.4 Å². The molecule has 1 radical (unpaired) electrons. The Balaban J connectivity index is 1.93. The zero-order valence-electron chi connectivity index (χ0n) is 16.1. The molecule has 0 unspecified atom stereocenters. The average Bonchev–Trinajstić information content (AvgIpc) is 2.73. The van der Waals surface area contributed by atoms with E-state index in [4.69, 9.17) is 0 Å². The molecule has 0 N–H and O–H groups in total. The Morgan fingerprint density at radius 2 is 1.53 bits per heavy atom. The summed E-state index contributed by atoms with van der Waals surface area (Å²) >= 11 is 2.49. The second-order valence-electron chi connectivity index (χ2n) is 6.43. The number of aryl methyl sites for hydroxylation is 2. The van der Waals surface area contributed by atoms with Gasteiger partial charge in [0.15, 0.2) is 5.69 Å². The molecular formula is C21H16N5O3Xe. The minimum absolute atomic E-state index is 0.130. The van der Waals surface area contributed by atoms with Crippen LogP contribution in [0.5, 0.6) is 0 Å². The third kappa shape index (κ3) is 5.55. The normalized spacial score (nSPS) is 11.3. The maximum atomic E-state index is 11.5. The Morgan fingerprint density at radius 1 is 0.867 bits per heavy atom. The van der Waals surface area contributed by atoms with Gasteiger partial charge in [-0.15, -0.1) is 0 Å².